The van der Waals surface area contributed by atoms with Crippen LogP contribution in [0.1, 0.15) is 22.3 Å². The van der Waals surface area contributed by atoms with E-state index in [-0.39, 0.29) is 23.8 Å². The number of carbonyl (C=O) groups is 3. The Morgan fingerprint density at radius 3 is 2.59 bits per heavy atom. The molecule has 1 N–H and O–H groups in total. The molecule has 150 valence electrons. The van der Waals surface area contributed by atoms with E-state index in [0.29, 0.717) is 21.6 Å². The van der Waals surface area contributed by atoms with Crippen LogP contribution in [-0.4, -0.2) is 40.1 Å². The summed E-state index contributed by atoms with van der Waals surface area (Å²) in [6.45, 7) is 1.90. The molecule has 0 spiro atoms. The summed E-state index contributed by atoms with van der Waals surface area (Å²) in [4.78, 5) is 41.6. The standard InChI is InChI=1S/C20H18ClN3O4S/c1-11-3-6-13(21)9-15(11)23-20-24(2)18(26)16(29-20)10-17(25)22-14-7-4-12(5-8-14)19(27)28/h3-9,16H,10H2,1-2H3,(H,22,25)(H,27,28)/p-1/t16-/m1/s1. The quantitative estimate of drug-likeness (QED) is 0.785. The van der Waals surface area contributed by atoms with Crippen LogP contribution in [-0.2, 0) is 9.59 Å². The number of hydrogen-bond donors (Lipinski definition) is 1. The molecule has 0 bridgehead atoms. The van der Waals surface area contributed by atoms with Gasteiger partial charge in [-0.3, -0.25) is 14.5 Å². The number of hydrogen-bond acceptors (Lipinski definition) is 6. The SMILES string of the molecule is Cc1ccc(Cl)cc1N=C1S[C@H](CC(=O)Nc2ccc(C(=O)[O-])cc2)C(=O)N1C. The zero-order valence-corrected chi connectivity index (χ0v) is 17.2. The fraction of sp³-hybridized carbons (Fsp3) is 0.200. The Kier molecular flexibility index (Phi) is 6.24. The van der Waals surface area contributed by atoms with Crippen molar-refractivity contribution in [1.82, 2.24) is 4.90 Å². The molecule has 0 aromatic heterocycles. The van der Waals surface area contributed by atoms with Gasteiger partial charge in [0.1, 0.15) is 5.25 Å². The normalized spacial score (nSPS) is 17.6. The first kappa shape index (κ1) is 20.9. The number of halogens is 1. The van der Waals surface area contributed by atoms with Gasteiger partial charge >= 0.3 is 0 Å². The van der Waals surface area contributed by atoms with E-state index in [2.05, 4.69) is 10.3 Å². The molecule has 7 nitrogen and oxygen atoms in total. The highest BCUT2D eigenvalue weighted by Crippen LogP contribution is 2.32. The van der Waals surface area contributed by atoms with Crippen LogP contribution in [0.15, 0.2) is 47.5 Å². The first-order chi connectivity index (χ1) is 13.7. The largest absolute Gasteiger partial charge is 0.545 e. The van der Waals surface area contributed by atoms with E-state index in [4.69, 9.17) is 11.6 Å². The Morgan fingerprint density at radius 1 is 1.24 bits per heavy atom. The summed E-state index contributed by atoms with van der Waals surface area (Å²) in [7, 11) is 1.62. The highest BCUT2D eigenvalue weighted by molar-refractivity contribution is 8.15. The highest BCUT2D eigenvalue weighted by atomic mass is 35.5. The molecule has 1 aliphatic heterocycles. The molecule has 0 radical (unpaired) electrons. The Balaban J connectivity index is 1.67. The highest BCUT2D eigenvalue weighted by Gasteiger charge is 2.37. The molecule has 2 aromatic rings. The summed E-state index contributed by atoms with van der Waals surface area (Å²) in [5, 5.41) is 13.9. The molecular weight excluding hydrogens is 414 g/mol. The van der Waals surface area contributed by atoms with Crippen molar-refractivity contribution in [2.75, 3.05) is 12.4 Å². The predicted octanol–water partition coefficient (Wildman–Crippen LogP) is 2.60. The number of rotatable bonds is 5. The molecular formula is C20H17ClN3O4S-. The summed E-state index contributed by atoms with van der Waals surface area (Å²) in [6.07, 6.45) is -0.0381. The van der Waals surface area contributed by atoms with E-state index < -0.39 is 11.2 Å². The number of aromatic carboxylic acids is 1. The molecule has 1 heterocycles. The Hall–Kier alpha value is -2.84. The first-order valence-electron chi connectivity index (χ1n) is 8.65. The van der Waals surface area contributed by atoms with Crippen LogP contribution in [0.5, 0.6) is 0 Å². The van der Waals surface area contributed by atoms with Gasteiger partial charge in [-0.05, 0) is 42.3 Å². The van der Waals surface area contributed by atoms with E-state index in [0.717, 1.165) is 5.56 Å². The third kappa shape index (κ3) is 4.96. The summed E-state index contributed by atoms with van der Waals surface area (Å²) in [5.41, 5.74) is 2.04. The fourth-order valence-electron chi connectivity index (χ4n) is 2.67. The number of nitrogens with zero attached hydrogens (tertiary/aromatic N) is 2. The van der Waals surface area contributed by atoms with Gasteiger partial charge in [0.25, 0.3) is 0 Å². The van der Waals surface area contributed by atoms with Crippen molar-refractivity contribution in [3.63, 3.8) is 0 Å². The van der Waals surface area contributed by atoms with Gasteiger partial charge in [0.2, 0.25) is 11.8 Å². The fourth-order valence-corrected chi connectivity index (χ4v) is 3.99. The second-order valence-corrected chi connectivity index (χ2v) is 8.05. The van der Waals surface area contributed by atoms with Crippen LogP contribution in [0, 0.1) is 6.92 Å². The van der Waals surface area contributed by atoms with E-state index in [1.165, 1.54) is 40.9 Å². The Morgan fingerprint density at radius 2 is 1.93 bits per heavy atom. The van der Waals surface area contributed by atoms with Gasteiger partial charge in [-0.15, -0.1) is 0 Å². The third-order valence-corrected chi connectivity index (χ3v) is 5.77. The second kappa shape index (κ2) is 8.67. The third-order valence-electron chi connectivity index (χ3n) is 4.30. The molecule has 0 unspecified atom stereocenters. The van der Waals surface area contributed by atoms with Gasteiger partial charge in [-0.2, -0.15) is 0 Å². The minimum Gasteiger partial charge on any atom is -0.545 e. The zero-order chi connectivity index (χ0) is 21.1. The van der Waals surface area contributed by atoms with E-state index in [9.17, 15) is 19.5 Å². The van der Waals surface area contributed by atoms with Crippen LogP contribution in [0.4, 0.5) is 11.4 Å². The summed E-state index contributed by atoms with van der Waals surface area (Å²) in [6, 6.07) is 10.9. The number of carbonyl (C=O) groups excluding carboxylic acids is 3. The van der Waals surface area contributed by atoms with Crippen LogP contribution in [0.25, 0.3) is 0 Å². The van der Waals surface area contributed by atoms with Crippen molar-refractivity contribution >= 4 is 57.7 Å². The molecule has 1 fully saturated rings. The smallest absolute Gasteiger partial charge is 0.242 e. The first-order valence-corrected chi connectivity index (χ1v) is 9.90. The zero-order valence-electron chi connectivity index (χ0n) is 15.6. The Labute approximate surface area is 176 Å². The maximum Gasteiger partial charge on any atom is 0.242 e. The van der Waals surface area contributed by atoms with Crippen molar-refractivity contribution in [3.8, 4) is 0 Å². The molecule has 2 amide bonds. The number of nitrogens with one attached hydrogen (secondary N) is 1. The number of aryl methyl sites for hydroxylation is 1. The Bertz CT molecular complexity index is 1010. The molecule has 29 heavy (non-hydrogen) atoms. The average molecular weight is 431 g/mol. The summed E-state index contributed by atoms with van der Waals surface area (Å²) >= 11 is 7.24. The second-order valence-electron chi connectivity index (χ2n) is 6.45. The van der Waals surface area contributed by atoms with Crippen LogP contribution in [0.3, 0.4) is 0 Å². The maximum absolute atomic E-state index is 12.5. The predicted molar refractivity (Wildman–Crippen MR) is 111 cm³/mol. The lowest BCUT2D eigenvalue weighted by atomic mass is 10.2. The number of aliphatic imine (C=N–C) groups is 1. The molecule has 1 aliphatic rings. The van der Waals surface area contributed by atoms with Crippen LogP contribution in [0.2, 0.25) is 5.02 Å². The average Bonchev–Trinajstić information content (AvgIpc) is 2.93. The van der Waals surface area contributed by atoms with Gasteiger partial charge in [0.05, 0.1) is 11.7 Å². The molecule has 2 aromatic carbocycles. The van der Waals surface area contributed by atoms with Crippen molar-refractivity contribution < 1.29 is 19.5 Å². The molecule has 3 rings (SSSR count). The maximum atomic E-state index is 12.5. The number of amides is 2. The van der Waals surface area contributed by atoms with Gasteiger partial charge in [0.15, 0.2) is 5.17 Å². The van der Waals surface area contributed by atoms with Crippen molar-refractivity contribution in [2.24, 2.45) is 4.99 Å². The van der Waals surface area contributed by atoms with Crippen LogP contribution < -0.4 is 10.4 Å². The number of carboxylic acids is 1. The van der Waals surface area contributed by atoms with Gasteiger partial charge < -0.3 is 15.2 Å². The molecule has 9 heteroatoms. The lowest BCUT2D eigenvalue weighted by Gasteiger charge is -2.10. The van der Waals surface area contributed by atoms with E-state index >= 15 is 0 Å². The summed E-state index contributed by atoms with van der Waals surface area (Å²) in [5.74, 6) is -1.86. The van der Waals surface area contributed by atoms with Crippen molar-refractivity contribution in [2.45, 2.75) is 18.6 Å². The lowest BCUT2D eigenvalue weighted by molar-refractivity contribution is -0.255. The van der Waals surface area contributed by atoms with Crippen molar-refractivity contribution in [3.05, 3.63) is 58.6 Å². The molecule has 1 saturated heterocycles. The number of anilines is 1. The van der Waals surface area contributed by atoms with E-state index in [1.807, 2.05) is 13.0 Å². The number of benzene rings is 2. The van der Waals surface area contributed by atoms with Gasteiger partial charge in [-0.25, -0.2) is 4.99 Å². The number of thioether (sulfide) groups is 1. The van der Waals surface area contributed by atoms with Gasteiger partial charge in [-0.1, -0.05) is 41.6 Å². The molecule has 0 saturated carbocycles. The minimum absolute atomic E-state index is 0.0170. The van der Waals surface area contributed by atoms with E-state index in [1.54, 1.807) is 19.2 Å². The number of amidine groups is 1. The van der Waals surface area contributed by atoms with Crippen molar-refractivity contribution in [1.29, 1.82) is 0 Å². The summed E-state index contributed by atoms with van der Waals surface area (Å²) < 4.78 is 0. The topological polar surface area (TPSA) is 102 Å². The lowest BCUT2D eigenvalue weighted by Crippen LogP contribution is -2.30. The number of carboxylic acid groups (broad SMARTS) is 1. The minimum atomic E-state index is -1.29. The monoisotopic (exact) mass is 430 g/mol. The molecule has 0 aliphatic carbocycles. The van der Waals surface area contributed by atoms with Crippen LogP contribution >= 0.6 is 23.4 Å². The van der Waals surface area contributed by atoms with Gasteiger partial charge in [0, 0.05) is 24.2 Å². The molecule has 1 atom stereocenters.